The molecule has 1 saturated heterocycles. The van der Waals surface area contributed by atoms with Gasteiger partial charge in [0.15, 0.2) is 0 Å². The summed E-state index contributed by atoms with van der Waals surface area (Å²) in [6, 6.07) is 4.03. The number of nitrogens with zero attached hydrogens (tertiary/aromatic N) is 1. The average Bonchev–Trinajstić information content (AvgIpc) is 2.40. The molecular formula is C13H16ClFN2O. The third-order valence-corrected chi connectivity index (χ3v) is 3.55. The Kier molecular flexibility index (Phi) is 4.19. The van der Waals surface area contributed by atoms with E-state index in [9.17, 15) is 9.18 Å². The number of carbonyl (C=O) groups is 1. The van der Waals surface area contributed by atoms with Gasteiger partial charge in [0, 0.05) is 24.2 Å². The lowest BCUT2D eigenvalue weighted by Gasteiger charge is -2.35. The fourth-order valence-corrected chi connectivity index (χ4v) is 2.50. The van der Waals surface area contributed by atoms with Gasteiger partial charge in [0.1, 0.15) is 5.82 Å². The first-order valence-corrected chi connectivity index (χ1v) is 6.47. The maximum Gasteiger partial charge on any atom is 0.257 e. The molecule has 1 aliphatic rings. The normalized spacial score (nSPS) is 19.9. The predicted molar refractivity (Wildman–Crippen MR) is 69.1 cm³/mol. The molecule has 1 aromatic rings. The lowest BCUT2D eigenvalue weighted by molar-refractivity contribution is 0.0618. The second-order valence-electron chi connectivity index (χ2n) is 4.51. The third-order valence-electron chi connectivity index (χ3n) is 3.32. The van der Waals surface area contributed by atoms with E-state index in [0.29, 0.717) is 18.1 Å². The SMILES string of the molecule is NCC1CCCCN1C(=O)c1cc(Cl)ccc1F. The second kappa shape index (κ2) is 5.67. The maximum atomic E-state index is 13.7. The van der Waals surface area contributed by atoms with Crippen LogP contribution in [0.1, 0.15) is 29.6 Å². The molecule has 1 fully saturated rings. The van der Waals surface area contributed by atoms with Crippen LogP contribution in [0.25, 0.3) is 0 Å². The molecule has 0 spiro atoms. The van der Waals surface area contributed by atoms with Crippen LogP contribution in [0.2, 0.25) is 5.02 Å². The van der Waals surface area contributed by atoms with Crippen LogP contribution in [0, 0.1) is 5.82 Å². The molecule has 2 rings (SSSR count). The summed E-state index contributed by atoms with van der Waals surface area (Å²) >= 11 is 5.81. The highest BCUT2D eigenvalue weighted by atomic mass is 35.5. The molecule has 0 aromatic heterocycles. The molecule has 0 saturated carbocycles. The van der Waals surface area contributed by atoms with Crippen LogP contribution in [0.5, 0.6) is 0 Å². The van der Waals surface area contributed by atoms with Crippen molar-refractivity contribution in [2.45, 2.75) is 25.3 Å². The van der Waals surface area contributed by atoms with Gasteiger partial charge in [-0.1, -0.05) is 11.6 Å². The summed E-state index contributed by atoms with van der Waals surface area (Å²) in [6.45, 7) is 1.04. The molecule has 98 valence electrons. The van der Waals surface area contributed by atoms with Crippen LogP contribution in [0.4, 0.5) is 4.39 Å². The van der Waals surface area contributed by atoms with E-state index in [1.165, 1.54) is 18.2 Å². The number of benzene rings is 1. The van der Waals surface area contributed by atoms with E-state index < -0.39 is 5.82 Å². The Labute approximate surface area is 111 Å². The highest BCUT2D eigenvalue weighted by Gasteiger charge is 2.28. The summed E-state index contributed by atoms with van der Waals surface area (Å²) in [5.74, 6) is -0.851. The van der Waals surface area contributed by atoms with Crippen molar-refractivity contribution >= 4 is 17.5 Å². The Morgan fingerprint density at radius 1 is 1.50 bits per heavy atom. The van der Waals surface area contributed by atoms with Crippen LogP contribution < -0.4 is 5.73 Å². The van der Waals surface area contributed by atoms with Gasteiger partial charge in [-0.25, -0.2) is 4.39 Å². The zero-order valence-electron chi connectivity index (χ0n) is 10.0. The molecule has 1 aromatic carbocycles. The summed E-state index contributed by atoms with van der Waals surface area (Å²) in [5.41, 5.74) is 5.69. The number of nitrogens with two attached hydrogens (primary N) is 1. The van der Waals surface area contributed by atoms with Gasteiger partial charge in [0.05, 0.1) is 5.56 Å². The van der Waals surface area contributed by atoms with Gasteiger partial charge >= 0.3 is 0 Å². The summed E-state index contributed by atoms with van der Waals surface area (Å²) < 4.78 is 13.7. The van der Waals surface area contributed by atoms with E-state index in [2.05, 4.69) is 0 Å². The predicted octanol–water partition coefficient (Wildman–Crippen LogP) is 2.43. The van der Waals surface area contributed by atoms with E-state index >= 15 is 0 Å². The molecule has 5 heteroatoms. The molecule has 0 bridgehead atoms. The minimum atomic E-state index is -0.536. The highest BCUT2D eigenvalue weighted by molar-refractivity contribution is 6.31. The van der Waals surface area contributed by atoms with Gasteiger partial charge in [0.25, 0.3) is 5.91 Å². The number of hydrogen-bond donors (Lipinski definition) is 1. The largest absolute Gasteiger partial charge is 0.334 e. The topological polar surface area (TPSA) is 46.3 Å². The fraction of sp³-hybridized carbons (Fsp3) is 0.462. The van der Waals surface area contributed by atoms with Crippen molar-refractivity contribution in [1.82, 2.24) is 4.90 Å². The van der Waals surface area contributed by atoms with Crippen molar-refractivity contribution < 1.29 is 9.18 Å². The first kappa shape index (κ1) is 13.3. The first-order chi connectivity index (χ1) is 8.63. The molecule has 1 unspecified atom stereocenters. The van der Waals surface area contributed by atoms with Gasteiger partial charge in [-0.2, -0.15) is 0 Å². The lowest BCUT2D eigenvalue weighted by atomic mass is 10.0. The first-order valence-electron chi connectivity index (χ1n) is 6.09. The molecule has 1 heterocycles. The Bertz CT molecular complexity index is 453. The second-order valence-corrected chi connectivity index (χ2v) is 4.94. The molecule has 18 heavy (non-hydrogen) atoms. The molecule has 2 N–H and O–H groups in total. The molecule has 1 amide bonds. The molecule has 1 atom stereocenters. The van der Waals surface area contributed by atoms with Crippen LogP contribution >= 0.6 is 11.6 Å². The van der Waals surface area contributed by atoms with Gasteiger partial charge < -0.3 is 10.6 Å². The smallest absolute Gasteiger partial charge is 0.257 e. The molecular weight excluding hydrogens is 255 g/mol. The Morgan fingerprint density at radius 2 is 2.28 bits per heavy atom. The van der Waals surface area contributed by atoms with Crippen molar-refractivity contribution in [2.24, 2.45) is 5.73 Å². The molecule has 1 aliphatic heterocycles. The van der Waals surface area contributed by atoms with Crippen molar-refractivity contribution in [3.63, 3.8) is 0 Å². The zero-order chi connectivity index (χ0) is 13.1. The number of carbonyl (C=O) groups excluding carboxylic acids is 1. The van der Waals surface area contributed by atoms with E-state index in [1.54, 1.807) is 4.90 Å². The van der Waals surface area contributed by atoms with Crippen molar-refractivity contribution in [3.8, 4) is 0 Å². The average molecular weight is 271 g/mol. The van der Waals surface area contributed by atoms with E-state index in [4.69, 9.17) is 17.3 Å². The summed E-state index contributed by atoms with van der Waals surface area (Å²) in [6.07, 6.45) is 2.87. The van der Waals surface area contributed by atoms with E-state index in [0.717, 1.165) is 19.3 Å². The van der Waals surface area contributed by atoms with Crippen molar-refractivity contribution in [3.05, 3.63) is 34.6 Å². The quantitative estimate of drug-likeness (QED) is 0.897. The minimum Gasteiger partial charge on any atom is -0.334 e. The number of halogens is 2. The van der Waals surface area contributed by atoms with Crippen LogP contribution in [0.3, 0.4) is 0 Å². The third kappa shape index (κ3) is 2.65. The van der Waals surface area contributed by atoms with E-state index in [-0.39, 0.29) is 17.5 Å². The summed E-state index contributed by atoms with van der Waals surface area (Å²) in [7, 11) is 0. The Balaban J connectivity index is 2.26. The Hall–Kier alpha value is -1.13. The molecule has 3 nitrogen and oxygen atoms in total. The number of likely N-dealkylation sites (tertiary alicyclic amines) is 1. The van der Waals surface area contributed by atoms with Gasteiger partial charge in [-0.05, 0) is 37.5 Å². The lowest BCUT2D eigenvalue weighted by Crippen LogP contribution is -2.47. The monoisotopic (exact) mass is 270 g/mol. The van der Waals surface area contributed by atoms with Gasteiger partial charge in [-0.15, -0.1) is 0 Å². The van der Waals surface area contributed by atoms with E-state index in [1.807, 2.05) is 0 Å². The number of rotatable bonds is 2. The van der Waals surface area contributed by atoms with Crippen molar-refractivity contribution in [2.75, 3.05) is 13.1 Å². The number of amides is 1. The van der Waals surface area contributed by atoms with Crippen LogP contribution in [-0.2, 0) is 0 Å². The fourth-order valence-electron chi connectivity index (χ4n) is 2.33. The summed E-state index contributed by atoms with van der Waals surface area (Å²) in [4.78, 5) is 14.0. The van der Waals surface area contributed by atoms with Crippen molar-refractivity contribution in [1.29, 1.82) is 0 Å². The van der Waals surface area contributed by atoms with Crippen LogP contribution in [0.15, 0.2) is 18.2 Å². The number of piperidine rings is 1. The summed E-state index contributed by atoms with van der Waals surface area (Å²) in [5, 5.41) is 0.362. The Morgan fingerprint density at radius 3 is 3.00 bits per heavy atom. The minimum absolute atomic E-state index is 0.00429. The molecule has 0 radical (unpaired) electrons. The van der Waals surface area contributed by atoms with Crippen LogP contribution in [-0.4, -0.2) is 29.9 Å². The standard InChI is InChI=1S/C13H16ClFN2O/c14-9-4-5-12(15)11(7-9)13(18)17-6-2-1-3-10(17)8-16/h4-5,7,10H,1-3,6,8,16H2. The number of hydrogen-bond acceptors (Lipinski definition) is 2. The van der Waals surface area contributed by atoms with Gasteiger partial charge in [-0.3, -0.25) is 4.79 Å². The zero-order valence-corrected chi connectivity index (χ0v) is 10.8. The highest BCUT2D eigenvalue weighted by Crippen LogP contribution is 2.22. The van der Waals surface area contributed by atoms with Gasteiger partial charge in [0.2, 0.25) is 0 Å². The maximum absolute atomic E-state index is 13.7. The molecule has 0 aliphatic carbocycles.